The molecule has 0 aliphatic carbocycles. The smallest absolute Gasteiger partial charge is 0.153 e. The molecule has 0 saturated heterocycles. The molecule has 0 amide bonds. The van der Waals surface area contributed by atoms with Crippen LogP contribution in [-0.4, -0.2) is 4.98 Å². The molecule has 0 radical (unpaired) electrons. The third-order valence-corrected chi connectivity index (χ3v) is 3.51. The molecule has 2 aromatic heterocycles. The summed E-state index contributed by atoms with van der Waals surface area (Å²) in [4.78, 5) is 4.49. The first kappa shape index (κ1) is 11.9. The zero-order chi connectivity index (χ0) is 12.4. The molecule has 0 bridgehead atoms. The fraction of sp³-hybridized carbons (Fsp3) is 0.385. The summed E-state index contributed by atoms with van der Waals surface area (Å²) in [6.45, 7) is 5.97. The minimum Gasteiger partial charge on any atom is -0.460 e. The molecule has 3 nitrogen and oxygen atoms in total. The minimum atomic E-state index is -0.134. The van der Waals surface area contributed by atoms with Crippen molar-refractivity contribution in [2.45, 2.75) is 26.7 Å². The summed E-state index contributed by atoms with van der Waals surface area (Å²) in [5.74, 6) is 1.78. The normalized spacial score (nSPS) is 12.6. The van der Waals surface area contributed by atoms with Crippen molar-refractivity contribution in [3.63, 3.8) is 0 Å². The SMILES string of the molecule is Cc1ccc(-c2csc(C(C#N)C(C)C)n2)o1. The van der Waals surface area contributed by atoms with Crippen molar-refractivity contribution in [3.8, 4) is 17.5 Å². The Morgan fingerprint density at radius 1 is 1.41 bits per heavy atom. The summed E-state index contributed by atoms with van der Waals surface area (Å²) >= 11 is 1.52. The van der Waals surface area contributed by atoms with Gasteiger partial charge in [-0.1, -0.05) is 13.8 Å². The van der Waals surface area contributed by atoms with E-state index >= 15 is 0 Å². The highest BCUT2D eigenvalue weighted by atomic mass is 32.1. The van der Waals surface area contributed by atoms with Gasteiger partial charge in [0.2, 0.25) is 0 Å². The molecular weight excluding hydrogens is 232 g/mol. The monoisotopic (exact) mass is 246 g/mol. The molecule has 0 fully saturated rings. The van der Waals surface area contributed by atoms with Crippen molar-refractivity contribution in [3.05, 3.63) is 28.3 Å². The van der Waals surface area contributed by atoms with Crippen molar-refractivity contribution in [2.75, 3.05) is 0 Å². The van der Waals surface area contributed by atoms with E-state index in [1.165, 1.54) is 11.3 Å². The van der Waals surface area contributed by atoms with Gasteiger partial charge in [0.15, 0.2) is 5.76 Å². The Hall–Kier alpha value is -1.60. The molecule has 2 aromatic rings. The first-order valence-corrected chi connectivity index (χ1v) is 6.41. The average molecular weight is 246 g/mol. The molecule has 1 unspecified atom stereocenters. The molecule has 0 saturated carbocycles. The van der Waals surface area contributed by atoms with Gasteiger partial charge in [-0.05, 0) is 25.0 Å². The molecule has 0 spiro atoms. The fourth-order valence-corrected chi connectivity index (χ4v) is 2.63. The molecule has 17 heavy (non-hydrogen) atoms. The van der Waals surface area contributed by atoms with E-state index in [4.69, 9.17) is 9.68 Å². The lowest BCUT2D eigenvalue weighted by Crippen LogP contribution is -2.03. The molecule has 88 valence electrons. The zero-order valence-corrected chi connectivity index (χ0v) is 10.9. The lowest BCUT2D eigenvalue weighted by atomic mass is 9.98. The maximum atomic E-state index is 9.13. The minimum absolute atomic E-state index is 0.134. The number of rotatable bonds is 3. The maximum Gasteiger partial charge on any atom is 0.153 e. The van der Waals surface area contributed by atoms with E-state index in [0.29, 0.717) is 0 Å². The summed E-state index contributed by atoms with van der Waals surface area (Å²) in [5, 5.41) is 11.9. The molecule has 0 N–H and O–H groups in total. The second-order valence-corrected chi connectivity index (χ2v) is 5.22. The molecule has 0 aliphatic heterocycles. The van der Waals surface area contributed by atoms with Crippen LogP contribution < -0.4 is 0 Å². The number of nitrogens with zero attached hydrogens (tertiary/aromatic N) is 2. The first-order valence-electron chi connectivity index (χ1n) is 5.53. The molecule has 0 aliphatic rings. The topological polar surface area (TPSA) is 49.8 Å². The Labute approximate surface area is 105 Å². The lowest BCUT2D eigenvalue weighted by Gasteiger charge is -2.08. The summed E-state index contributed by atoms with van der Waals surface area (Å²) in [7, 11) is 0. The van der Waals surface area contributed by atoms with E-state index in [2.05, 4.69) is 11.1 Å². The van der Waals surface area contributed by atoms with Crippen molar-refractivity contribution in [1.82, 2.24) is 4.98 Å². The average Bonchev–Trinajstić information content (AvgIpc) is 2.87. The fourth-order valence-electron chi connectivity index (χ4n) is 1.61. The largest absolute Gasteiger partial charge is 0.460 e. The predicted molar refractivity (Wildman–Crippen MR) is 67.7 cm³/mol. The van der Waals surface area contributed by atoms with E-state index in [1.54, 1.807) is 0 Å². The summed E-state index contributed by atoms with van der Waals surface area (Å²) in [5.41, 5.74) is 0.819. The van der Waals surface area contributed by atoms with Crippen molar-refractivity contribution >= 4 is 11.3 Å². The van der Waals surface area contributed by atoms with Gasteiger partial charge in [-0.25, -0.2) is 4.98 Å². The number of furan rings is 1. The Kier molecular flexibility index (Phi) is 3.30. The van der Waals surface area contributed by atoms with Crippen LogP contribution in [0.5, 0.6) is 0 Å². The van der Waals surface area contributed by atoms with Gasteiger partial charge in [0.25, 0.3) is 0 Å². The van der Waals surface area contributed by atoms with Crippen LogP contribution in [0.3, 0.4) is 0 Å². The van der Waals surface area contributed by atoms with Crippen LogP contribution in [0.2, 0.25) is 0 Å². The van der Waals surface area contributed by atoms with E-state index in [1.807, 2.05) is 38.3 Å². The van der Waals surface area contributed by atoms with Gasteiger partial charge >= 0.3 is 0 Å². The number of hydrogen-bond donors (Lipinski definition) is 0. The molecule has 1 atom stereocenters. The van der Waals surface area contributed by atoms with Crippen LogP contribution in [0.4, 0.5) is 0 Å². The quantitative estimate of drug-likeness (QED) is 0.823. The first-order chi connectivity index (χ1) is 8.11. The molecule has 4 heteroatoms. The summed E-state index contributed by atoms with van der Waals surface area (Å²) in [6, 6.07) is 6.13. The van der Waals surface area contributed by atoms with Gasteiger partial charge in [-0.15, -0.1) is 11.3 Å². The highest BCUT2D eigenvalue weighted by Crippen LogP contribution is 2.30. The molecule has 2 heterocycles. The Bertz CT molecular complexity index is 548. The number of aromatic nitrogens is 1. The summed E-state index contributed by atoms with van der Waals surface area (Å²) in [6.07, 6.45) is 0. The van der Waals surface area contributed by atoms with Crippen LogP contribution in [0.1, 0.15) is 30.5 Å². The third kappa shape index (κ3) is 2.40. The lowest BCUT2D eigenvalue weighted by molar-refractivity contribution is 0.545. The standard InChI is InChI=1S/C13H14N2OS/c1-8(2)10(6-14)13-15-11(7-17-13)12-5-4-9(3)16-12/h4-5,7-8,10H,1-3H3. The maximum absolute atomic E-state index is 9.13. The Morgan fingerprint density at radius 3 is 2.71 bits per heavy atom. The van der Waals surface area contributed by atoms with Gasteiger partial charge in [0, 0.05) is 5.38 Å². The van der Waals surface area contributed by atoms with Gasteiger partial charge in [-0.3, -0.25) is 0 Å². The summed E-state index contributed by atoms with van der Waals surface area (Å²) < 4.78 is 5.52. The number of nitriles is 1. The third-order valence-electron chi connectivity index (χ3n) is 2.59. The Balaban J connectivity index is 2.30. The van der Waals surface area contributed by atoms with Gasteiger partial charge in [0.1, 0.15) is 22.4 Å². The van der Waals surface area contributed by atoms with Crippen LogP contribution >= 0.6 is 11.3 Å². The van der Waals surface area contributed by atoms with Crippen LogP contribution in [0.15, 0.2) is 21.9 Å². The Morgan fingerprint density at radius 2 is 2.18 bits per heavy atom. The van der Waals surface area contributed by atoms with E-state index in [9.17, 15) is 0 Å². The van der Waals surface area contributed by atoms with E-state index in [-0.39, 0.29) is 11.8 Å². The molecule has 2 rings (SSSR count). The van der Waals surface area contributed by atoms with Crippen LogP contribution in [-0.2, 0) is 0 Å². The van der Waals surface area contributed by atoms with Crippen molar-refractivity contribution in [2.24, 2.45) is 5.92 Å². The van der Waals surface area contributed by atoms with Crippen LogP contribution in [0, 0.1) is 24.2 Å². The van der Waals surface area contributed by atoms with Crippen molar-refractivity contribution in [1.29, 1.82) is 5.26 Å². The zero-order valence-electron chi connectivity index (χ0n) is 10.1. The number of aryl methyl sites for hydroxylation is 1. The van der Waals surface area contributed by atoms with Crippen molar-refractivity contribution < 1.29 is 4.42 Å². The van der Waals surface area contributed by atoms with Gasteiger partial charge < -0.3 is 4.42 Å². The molecule has 0 aromatic carbocycles. The second kappa shape index (κ2) is 4.72. The van der Waals surface area contributed by atoms with Crippen LogP contribution in [0.25, 0.3) is 11.5 Å². The van der Waals surface area contributed by atoms with Gasteiger partial charge in [0.05, 0.1) is 6.07 Å². The number of thiazole rings is 1. The second-order valence-electron chi connectivity index (χ2n) is 4.33. The van der Waals surface area contributed by atoms with Gasteiger partial charge in [-0.2, -0.15) is 5.26 Å². The molecular formula is C13H14N2OS. The van der Waals surface area contributed by atoms with E-state index in [0.717, 1.165) is 22.2 Å². The predicted octanol–water partition coefficient (Wildman–Crippen LogP) is 3.97. The number of hydrogen-bond acceptors (Lipinski definition) is 4. The van der Waals surface area contributed by atoms with E-state index < -0.39 is 0 Å². The highest BCUT2D eigenvalue weighted by Gasteiger charge is 2.19. The highest BCUT2D eigenvalue weighted by molar-refractivity contribution is 7.10.